The molecule has 0 atom stereocenters. The maximum Gasteiger partial charge on any atom is 0.212 e. The van der Waals surface area contributed by atoms with Gasteiger partial charge < -0.3 is 0 Å². The normalized spacial score (nSPS) is 11.7. The van der Waals surface area contributed by atoms with E-state index < -0.39 is 8.07 Å². The first-order chi connectivity index (χ1) is 9.26. The number of aromatic nitrogens is 1. The summed E-state index contributed by atoms with van der Waals surface area (Å²) in [5.41, 5.74) is 6.82. The first-order valence-electron chi connectivity index (χ1n) is 7.32. The van der Waals surface area contributed by atoms with E-state index in [4.69, 9.17) is 0 Å². The van der Waals surface area contributed by atoms with Crippen molar-refractivity contribution in [3.05, 3.63) is 53.2 Å². The fourth-order valence-electron chi connectivity index (χ4n) is 2.61. The summed E-state index contributed by atoms with van der Waals surface area (Å²) in [6.45, 7) is 11.7. The average molecular weight is 284 g/mol. The van der Waals surface area contributed by atoms with Crippen molar-refractivity contribution < 1.29 is 4.57 Å². The molecule has 2 rings (SSSR count). The van der Waals surface area contributed by atoms with Crippen molar-refractivity contribution in [1.29, 1.82) is 0 Å². The maximum atomic E-state index is 2.43. The zero-order valence-electron chi connectivity index (χ0n) is 13.6. The molecule has 0 aliphatic carbocycles. The molecule has 106 valence electrons. The fourth-order valence-corrected chi connectivity index (χ4v) is 4.06. The lowest BCUT2D eigenvalue weighted by Crippen LogP contribution is -2.30. The van der Waals surface area contributed by atoms with Crippen LogP contribution in [0, 0.1) is 13.8 Å². The topological polar surface area (TPSA) is 3.88 Å². The monoisotopic (exact) mass is 284 g/mol. The van der Waals surface area contributed by atoms with Crippen LogP contribution in [-0.2, 0) is 13.1 Å². The molecule has 1 nitrogen and oxygen atoms in total. The summed E-state index contributed by atoms with van der Waals surface area (Å²) in [6, 6.07) is 12.6. The van der Waals surface area contributed by atoms with Gasteiger partial charge in [-0.1, -0.05) is 31.8 Å². The summed E-state index contributed by atoms with van der Waals surface area (Å²) in [4.78, 5) is 0. The van der Waals surface area contributed by atoms with Gasteiger partial charge in [-0.3, -0.25) is 0 Å². The molecule has 2 heteroatoms. The zero-order valence-corrected chi connectivity index (χ0v) is 14.6. The Morgan fingerprint density at radius 1 is 1.00 bits per heavy atom. The van der Waals surface area contributed by atoms with E-state index in [1.54, 1.807) is 0 Å². The van der Waals surface area contributed by atoms with E-state index in [9.17, 15) is 0 Å². The van der Waals surface area contributed by atoms with Crippen LogP contribution in [0.1, 0.15) is 16.7 Å². The smallest absolute Gasteiger partial charge is 0.201 e. The maximum absolute atomic E-state index is 2.43. The molecule has 0 aliphatic rings. The predicted molar refractivity (Wildman–Crippen MR) is 89.6 cm³/mol. The first kappa shape index (κ1) is 15.0. The summed E-state index contributed by atoms with van der Waals surface area (Å²) in [6.07, 6.45) is 2.15. The van der Waals surface area contributed by atoms with Gasteiger partial charge in [0, 0.05) is 25.8 Å². The standard InChI is InChI=1S/C18H26NSi/c1-14-9-10-19(3)18(11-14)17-12-16(8-7-15(17)2)13-20(4,5)6/h7-12H,13H2,1-6H3/q+1. The molecule has 0 N–H and O–H groups in total. The molecule has 1 aromatic carbocycles. The minimum Gasteiger partial charge on any atom is -0.201 e. The highest BCUT2D eigenvalue weighted by atomic mass is 28.3. The molecule has 0 unspecified atom stereocenters. The van der Waals surface area contributed by atoms with Gasteiger partial charge in [0.25, 0.3) is 0 Å². The number of hydrogen-bond acceptors (Lipinski definition) is 0. The molecule has 0 amide bonds. The van der Waals surface area contributed by atoms with Gasteiger partial charge in [-0.2, -0.15) is 0 Å². The molecule has 0 radical (unpaired) electrons. The van der Waals surface area contributed by atoms with Crippen molar-refractivity contribution >= 4 is 8.07 Å². The quantitative estimate of drug-likeness (QED) is 0.587. The third kappa shape index (κ3) is 3.57. The van der Waals surface area contributed by atoms with Crippen molar-refractivity contribution in [3.8, 4) is 11.3 Å². The molecule has 1 heterocycles. The van der Waals surface area contributed by atoms with Crippen LogP contribution in [0.2, 0.25) is 19.6 Å². The third-order valence-electron chi connectivity index (χ3n) is 3.62. The predicted octanol–water partition coefficient (Wildman–Crippen LogP) is 4.21. The van der Waals surface area contributed by atoms with E-state index in [0.29, 0.717) is 0 Å². The molecule has 0 bridgehead atoms. The minimum absolute atomic E-state index is 1.07. The van der Waals surface area contributed by atoms with E-state index in [1.165, 1.54) is 34.0 Å². The Hall–Kier alpha value is -1.41. The van der Waals surface area contributed by atoms with Gasteiger partial charge in [-0.25, -0.2) is 4.57 Å². The zero-order chi connectivity index (χ0) is 14.9. The fraction of sp³-hybridized carbons (Fsp3) is 0.389. The molecule has 0 fully saturated rings. The van der Waals surface area contributed by atoms with Crippen molar-refractivity contribution in [2.75, 3.05) is 0 Å². The molecular weight excluding hydrogens is 258 g/mol. The van der Waals surface area contributed by atoms with E-state index in [2.05, 4.69) is 81.6 Å². The molecular formula is C18H26NSi+. The second kappa shape index (κ2) is 5.53. The van der Waals surface area contributed by atoms with Crippen LogP contribution in [0.5, 0.6) is 0 Å². The molecule has 0 spiro atoms. The Labute approximate surface area is 124 Å². The Morgan fingerprint density at radius 3 is 2.35 bits per heavy atom. The van der Waals surface area contributed by atoms with E-state index in [0.717, 1.165) is 0 Å². The van der Waals surface area contributed by atoms with Gasteiger partial charge in [0.2, 0.25) is 5.69 Å². The molecule has 0 saturated heterocycles. The highest BCUT2D eigenvalue weighted by Gasteiger charge is 2.17. The van der Waals surface area contributed by atoms with Gasteiger partial charge in [-0.05, 0) is 42.6 Å². The third-order valence-corrected chi connectivity index (χ3v) is 5.09. The van der Waals surface area contributed by atoms with Crippen LogP contribution in [0.3, 0.4) is 0 Å². The Kier molecular flexibility index (Phi) is 4.14. The first-order valence-corrected chi connectivity index (χ1v) is 11.0. The number of hydrogen-bond donors (Lipinski definition) is 0. The molecule has 1 aromatic heterocycles. The molecule has 2 aromatic rings. The van der Waals surface area contributed by atoms with Crippen LogP contribution in [0.15, 0.2) is 36.5 Å². The summed E-state index contributed by atoms with van der Waals surface area (Å²) in [5.74, 6) is 0. The minimum atomic E-state index is -1.07. The lowest BCUT2D eigenvalue weighted by molar-refractivity contribution is -0.660. The van der Waals surface area contributed by atoms with Gasteiger partial charge in [0.1, 0.15) is 7.05 Å². The number of aryl methyl sites for hydroxylation is 3. The Bertz CT molecular complexity index is 624. The van der Waals surface area contributed by atoms with Crippen molar-refractivity contribution in [2.24, 2.45) is 7.05 Å². The summed E-state index contributed by atoms with van der Waals surface area (Å²) < 4.78 is 2.22. The van der Waals surface area contributed by atoms with Crippen molar-refractivity contribution in [2.45, 2.75) is 39.5 Å². The highest BCUT2D eigenvalue weighted by molar-refractivity contribution is 6.75. The lowest BCUT2D eigenvalue weighted by Gasteiger charge is -2.17. The van der Waals surface area contributed by atoms with Gasteiger partial charge in [0.05, 0.1) is 0 Å². The van der Waals surface area contributed by atoms with Crippen LogP contribution in [0.25, 0.3) is 11.3 Å². The van der Waals surface area contributed by atoms with Crippen LogP contribution in [0.4, 0.5) is 0 Å². The Balaban J connectivity index is 2.50. The van der Waals surface area contributed by atoms with Gasteiger partial charge in [0.15, 0.2) is 6.20 Å². The number of rotatable bonds is 3. The average Bonchev–Trinajstić information content (AvgIpc) is 2.33. The number of benzene rings is 1. The van der Waals surface area contributed by atoms with Crippen LogP contribution < -0.4 is 4.57 Å². The van der Waals surface area contributed by atoms with Gasteiger partial charge in [-0.15, -0.1) is 0 Å². The van der Waals surface area contributed by atoms with E-state index in [-0.39, 0.29) is 0 Å². The Morgan fingerprint density at radius 2 is 1.70 bits per heavy atom. The number of nitrogens with zero attached hydrogens (tertiary/aromatic N) is 1. The molecule has 0 aliphatic heterocycles. The van der Waals surface area contributed by atoms with E-state index in [1.807, 2.05) is 0 Å². The van der Waals surface area contributed by atoms with Crippen LogP contribution >= 0.6 is 0 Å². The molecule has 20 heavy (non-hydrogen) atoms. The summed E-state index contributed by atoms with van der Waals surface area (Å²) in [5, 5.41) is 0. The highest BCUT2D eigenvalue weighted by Crippen LogP contribution is 2.24. The largest absolute Gasteiger partial charge is 0.212 e. The van der Waals surface area contributed by atoms with Crippen molar-refractivity contribution in [3.63, 3.8) is 0 Å². The summed E-state index contributed by atoms with van der Waals surface area (Å²) >= 11 is 0. The van der Waals surface area contributed by atoms with Gasteiger partial charge >= 0.3 is 0 Å². The van der Waals surface area contributed by atoms with Crippen LogP contribution in [-0.4, -0.2) is 8.07 Å². The number of pyridine rings is 1. The summed E-state index contributed by atoms with van der Waals surface area (Å²) in [7, 11) is 1.05. The van der Waals surface area contributed by atoms with E-state index >= 15 is 0 Å². The van der Waals surface area contributed by atoms with Crippen molar-refractivity contribution in [1.82, 2.24) is 0 Å². The molecule has 0 saturated carbocycles. The second-order valence-electron chi connectivity index (χ2n) is 7.09. The second-order valence-corrected chi connectivity index (χ2v) is 12.6. The lowest BCUT2D eigenvalue weighted by atomic mass is 10.0. The SMILES string of the molecule is Cc1cc[n+](C)c(-c2cc(C[Si](C)(C)C)ccc2C)c1.